The van der Waals surface area contributed by atoms with E-state index in [4.69, 9.17) is 8.85 Å². The third-order valence-electron chi connectivity index (χ3n) is 12.2. The first-order valence-corrected chi connectivity index (χ1v) is 23.6. The number of rotatable bonds is 12. The molecule has 6 atom stereocenters. The third kappa shape index (κ3) is 7.45. The van der Waals surface area contributed by atoms with E-state index >= 15 is 0 Å². The van der Waals surface area contributed by atoms with E-state index in [2.05, 4.69) is 172 Å². The van der Waals surface area contributed by atoms with Crippen LogP contribution in [0.5, 0.6) is 0 Å². The SMILES string of the molecule is CC1=C[C@@H]2[C@H]([C@H](CO[Si](c3ccccc3)(c3ccccc3)C(C)(C)C)[C@@H]1/C(C)=C/CBr)[C@@H](C)CC[C@@H]2O[Si](C(C)C)(C(C)C)C(C)C. The Morgan fingerprint density at radius 1 is 0.872 bits per heavy atom. The summed E-state index contributed by atoms with van der Waals surface area (Å²) in [7, 11) is -4.73. The van der Waals surface area contributed by atoms with Gasteiger partial charge in [-0.25, -0.2) is 0 Å². The Labute approximate surface area is 299 Å². The first-order chi connectivity index (χ1) is 22.1. The zero-order valence-electron chi connectivity index (χ0n) is 31.6. The lowest BCUT2D eigenvalue weighted by Gasteiger charge is -2.54. The van der Waals surface area contributed by atoms with Gasteiger partial charge >= 0.3 is 0 Å². The normalized spacial score (nSPS) is 26.1. The zero-order chi connectivity index (χ0) is 34.7. The van der Waals surface area contributed by atoms with Crippen LogP contribution in [-0.4, -0.2) is 34.7 Å². The Morgan fingerprint density at radius 3 is 1.83 bits per heavy atom. The average Bonchev–Trinajstić information content (AvgIpc) is 3.00. The van der Waals surface area contributed by atoms with Gasteiger partial charge in [0.05, 0.1) is 6.10 Å². The fraction of sp³-hybridized carbons (Fsp3) is 0.619. The van der Waals surface area contributed by atoms with Gasteiger partial charge in [0.2, 0.25) is 8.32 Å². The highest BCUT2D eigenvalue weighted by Gasteiger charge is 2.55. The largest absolute Gasteiger partial charge is 0.413 e. The van der Waals surface area contributed by atoms with E-state index in [-0.39, 0.29) is 11.1 Å². The Hall–Kier alpha value is -1.25. The van der Waals surface area contributed by atoms with Crippen molar-refractivity contribution in [3.05, 3.63) is 84.0 Å². The molecule has 4 rings (SSSR count). The minimum atomic E-state index is -2.69. The monoisotopic (exact) mass is 736 g/mol. The second-order valence-corrected chi connectivity index (χ2v) is 27.2. The minimum absolute atomic E-state index is 0.0499. The molecule has 0 unspecified atom stereocenters. The van der Waals surface area contributed by atoms with E-state index in [1.807, 2.05) is 0 Å². The second-order valence-electron chi connectivity index (χ2n) is 16.8. The van der Waals surface area contributed by atoms with Crippen molar-refractivity contribution < 1.29 is 8.85 Å². The van der Waals surface area contributed by atoms with E-state index in [9.17, 15) is 0 Å². The van der Waals surface area contributed by atoms with Crippen molar-refractivity contribution in [1.29, 1.82) is 0 Å². The molecule has 0 spiro atoms. The van der Waals surface area contributed by atoms with E-state index in [0.29, 0.717) is 46.2 Å². The molecule has 5 heteroatoms. The summed E-state index contributed by atoms with van der Waals surface area (Å²) in [4.78, 5) is 0. The number of benzene rings is 2. The number of fused-ring (bicyclic) bond motifs is 1. The van der Waals surface area contributed by atoms with Gasteiger partial charge in [-0.3, -0.25) is 0 Å². The topological polar surface area (TPSA) is 18.5 Å². The number of hydrogen-bond donors (Lipinski definition) is 0. The van der Waals surface area contributed by atoms with Gasteiger partial charge in [0, 0.05) is 23.8 Å². The van der Waals surface area contributed by atoms with Crippen molar-refractivity contribution in [3.63, 3.8) is 0 Å². The Balaban J connectivity index is 1.85. The second kappa shape index (κ2) is 15.8. The highest BCUT2D eigenvalue weighted by atomic mass is 79.9. The molecule has 2 aromatic carbocycles. The molecule has 0 amide bonds. The molecule has 2 nitrogen and oxygen atoms in total. The van der Waals surface area contributed by atoms with Crippen molar-refractivity contribution in [2.45, 2.75) is 124 Å². The fourth-order valence-corrected chi connectivity index (χ4v) is 21.0. The summed E-state index contributed by atoms with van der Waals surface area (Å²) in [6, 6.07) is 22.4. The standard InChI is InChI=1S/C42H65BrO2Si2/c1-29(2)46(30(3)4,31(5)6)45-39-24-23-32(7)41-37(39)27-34(9)40(33(8)25-26-43)38(41)28-44-47(42(10,11)12,35-19-15-13-16-20-35)36-21-17-14-18-22-36/h13-22,25,27,29-32,37-41H,23-24,26,28H2,1-12H3/b33-25+/t32-,37-,38+,39-,40+,41+/m0/s1. The van der Waals surface area contributed by atoms with Gasteiger partial charge in [-0.05, 0) is 76.5 Å². The van der Waals surface area contributed by atoms with Crippen molar-refractivity contribution in [2.24, 2.45) is 29.6 Å². The lowest BCUT2D eigenvalue weighted by Crippen LogP contribution is -2.67. The number of halogens is 1. The zero-order valence-corrected chi connectivity index (χ0v) is 35.2. The van der Waals surface area contributed by atoms with Crippen LogP contribution in [0.1, 0.15) is 95.9 Å². The summed E-state index contributed by atoms with van der Waals surface area (Å²) < 4.78 is 15.5. The van der Waals surface area contributed by atoms with Crippen LogP contribution in [0, 0.1) is 29.6 Å². The van der Waals surface area contributed by atoms with Gasteiger partial charge in [-0.2, -0.15) is 0 Å². The highest BCUT2D eigenvalue weighted by Crippen LogP contribution is 2.54. The van der Waals surface area contributed by atoms with Crippen LogP contribution < -0.4 is 10.4 Å². The van der Waals surface area contributed by atoms with Crippen LogP contribution >= 0.6 is 15.9 Å². The molecule has 0 heterocycles. The Morgan fingerprint density at radius 2 is 1.38 bits per heavy atom. The highest BCUT2D eigenvalue weighted by molar-refractivity contribution is 9.09. The maximum absolute atomic E-state index is 7.80. The average molecular weight is 738 g/mol. The Bertz CT molecular complexity index is 1280. The smallest absolute Gasteiger partial charge is 0.261 e. The quantitative estimate of drug-likeness (QED) is 0.123. The summed E-state index contributed by atoms with van der Waals surface area (Å²) in [5.74, 6) is 2.30. The van der Waals surface area contributed by atoms with Crippen LogP contribution in [-0.2, 0) is 8.85 Å². The van der Waals surface area contributed by atoms with Crippen molar-refractivity contribution >= 4 is 42.9 Å². The van der Waals surface area contributed by atoms with Crippen LogP contribution in [0.15, 0.2) is 84.0 Å². The molecule has 0 radical (unpaired) electrons. The summed E-state index contributed by atoms with van der Waals surface area (Å²) in [5.41, 5.74) is 4.72. The summed E-state index contributed by atoms with van der Waals surface area (Å²) >= 11 is 3.74. The maximum Gasteiger partial charge on any atom is 0.261 e. The Kier molecular flexibility index (Phi) is 12.9. The molecule has 2 aliphatic carbocycles. The van der Waals surface area contributed by atoms with Gasteiger partial charge in [0.1, 0.15) is 0 Å². The molecule has 0 aliphatic heterocycles. The molecule has 2 aliphatic rings. The minimum Gasteiger partial charge on any atom is -0.413 e. The van der Waals surface area contributed by atoms with Gasteiger partial charge in [-0.1, -0.05) is 169 Å². The molecular formula is C42H65BrO2Si2. The molecule has 1 saturated carbocycles. The van der Waals surface area contributed by atoms with Crippen LogP contribution in [0.25, 0.3) is 0 Å². The lowest BCUT2D eigenvalue weighted by atomic mass is 9.57. The van der Waals surface area contributed by atoms with Crippen LogP contribution in [0.3, 0.4) is 0 Å². The first kappa shape index (κ1) is 38.6. The number of allylic oxidation sites excluding steroid dienone is 3. The van der Waals surface area contributed by atoms with E-state index < -0.39 is 16.6 Å². The van der Waals surface area contributed by atoms with Gasteiger partial charge < -0.3 is 8.85 Å². The third-order valence-corrected chi connectivity index (χ3v) is 23.6. The molecule has 260 valence electrons. The summed E-state index contributed by atoms with van der Waals surface area (Å²) in [6.45, 7) is 29.9. The molecule has 1 fully saturated rings. The van der Waals surface area contributed by atoms with Crippen LogP contribution in [0.2, 0.25) is 21.7 Å². The molecule has 0 bridgehead atoms. The van der Waals surface area contributed by atoms with E-state index in [0.717, 1.165) is 18.4 Å². The number of hydrogen-bond acceptors (Lipinski definition) is 2. The fourth-order valence-electron chi connectivity index (χ4n) is 10.3. The molecule has 0 N–H and O–H groups in total. The first-order valence-electron chi connectivity index (χ1n) is 18.5. The van der Waals surface area contributed by atoms with Crippen molar-refractivity contribution in [1.82, 2.24) is 0 Å². The molecule has 2 aromatic rings. The van der Waals surface area contributed by atoms with Crippen molar-refractivity contribution in [2.75, 3.05) is 11.9 Å². The molecular weight excluding hydrogens is 673 g/mol. The lowest BCUT2D eigenvalue weighted by molar-refractivity contribution is -0.0187. The predicted molar refractivity (Wildman–Crippen MR) is 213 cm³/mol. The number of alkyl halides is 1. The van der Waals surface area contributed by atoms with Crippen molar-refractivity contribution in [3.8, 4) is 0 Å². The summed E-state index contributed by atoms with van der Waals surface area (Å²) in [6.07, 6.45) is 7.73. The van der Waals surface area contributed by atoms with Gasteiger partial charge in [0.25, 0.3) is 8.32 Å². The van der Waals surface area contributed by atoms with Gasteiger partial charge in [-0.15, -0.1) is 0 Å². The summed E-state index contributed by atoms with van der Waals surface area (Å²) in [5, 5.41) is 3.56. The van der Waals surface area contributed by atoms with E-state index in [1.165, 1.54) is 27.9 Å². The molecule has 0 aromatic heterocycles. The molecule has 47 heavy (non-hydrogen) atoms. The predicted octanol–water partition coefficient (Wildman–Crippen LogP) is 11.3. The van der Waals surface area contributed by atoms with Gasteiger partial charge in [0.15, 0.2) is 0 Å². The van der Waals surface area contributed by atoms with E-state index in [1.54, 1.807) is 0 Å². The van der Waals surface area contributed by atoms with Crippen LogP contribution in [0.4, 0.5) is 0 Å². The molecule has 0 saturated heterocycles. The maximum atomic E-state index is 7.80.